The van der Waals surface area contributed by atoms with Crippen molar-refractivity contribution in [2.75, 3.05) is 54.6 Å². The first-order valence-corrected chi connectivity index (χ1v) is 26.8. The van der Waals surface area contributed by atoms with Crippen molar-refractivity contribution in [1.29, 1.82) is 0 Å². The van der Waals surface area contributed by atoms with E-state index < -0.39 is 70.0 Å². The Morgan fingerprint density at radius 3 is 2.11 bits per heavy atom. The molecule has 11 rings (SSSR count). The minimum atomic E-state index is -2.17. The summed E-state index contributed by atoms with van der Waals surface area (Å²) in [6, 6.07) is 39.7. The van der Waals surface area contributed by atoms with Crippen molar-refractivity contribution in [3.63, 3.8) is 0 Å². The summed E-state index contributed by atoms with van der Waals surface area (Å²) in [4.78, 5) is 79.8. The second-order valence-electron chi connectivity index (χ2n) is 20.6. The highest BCUT2D eigenvalue weighted by Gasteiger charge is 2.76. The van der Waals surface area contributed by atoms with Crippen LogP contribution in [-0.2, 0) is 40.6 Å². The maximum absolute atomic E-state index is 16.8. The molecule has 17 heteroatoms. The van der Waals surface area contributed by atoms with Crippen LogP contribution in [0.25, 0.3) is 0 Å². The topological polar surface area (TPSA) is 211 Å². The average molecular weight is 1070 g/mol. The summed E-state index contributed by atoms with van der Waals surface area (Å²) < 4.78 is 24.0. The number of ether oxygens (including phenoxy) is 4. The van der Waals surface area contributed by atoms with E-state index in [0.29, 0.717) is 78.4 Å². The van der Waals surface area contributed by atoms with Crippen LogP contribution in [0.5, 0.6) is 5.75 Å². The number of amides is 3. The van der Waals surface area contributed by atoms with Gasteiger partial charge in [-0.15, -0.1) is 0 Å². The summed E-state index contributed by atoms with van der Waals surface area (Å²) >= 11 is 0. The number of aliphatic hydroxyl groups excluding tert-OH is 1. The summed E-state index contributed by atoms with van der Waals surface area (Å²) in [7, 11) is 0. The highest BCUT2D eigenvalue weighted by molar-refractivity contribution is 6.24. The van der Waals surface area contributed by atoms with Gasteiger partial charge in [0, 0.05) is 42.2 Å². The maximum Gasteiger partial charge on any atom is 0.421 e. The van der Waals surface area contributed by atoms with Crippen LogP contribution in [0, 0.1) is 27.9 Å². The van der Waals surface area contributed by atoms with Crippen molar-refractivity contribution in [2.45, 2.75) is 80.4 Å². The Morgan fingerprint density at radius 2 is 1.46 bits per heavy atom. The van der Waals surface area contributed by atoms with E-state index >= 15 is 19.2 Å². The molecule has 3 saturated heterocycles. The molecule has 1 spiro atoms. The molecule has 5 aliphatic rings. The number of anilines is 3. The average Bonchev–Trinajstić information content (AvgIpc) is 2.69. The fourth-order valence-electron chi connectivity index (χ4n) is 12.2. The van der Waals surface area contributed by atoms with E-state index in [0.717, 1.165) is 36.3 Å². The van der Waals surface area contributed by atoms with Gasteiger partial charge in [0.1, 0.15) is 42.1 Å². The monoisotopic (exact) mass is 1070 g/mol. The number of nitrogens with zero attached hydrogens (tertiary/aromatic N) is 4. The molecule has 0 radical (unpaired) electrons. The van der Waals surface area contributed by atoms with Crippen molar-refractivity contribution in [2.24, 2.45) is 5.92 Å². The van der Waals surface area contributed by atoms with Gasteiger partial charge >= 0.3 is 12.1 Å². The number of nitro groups is 1. The molecule has 17 nitrogen and oxygen atoms in total. The zero-order valence-corrected chi connectivity index (χ0v) is 43.3. The SMILES string of the molecule is O=C1OC(c2ccccc2)C(c2ccccc2)N2C1C(C(=O)Nc1ccc(N3CCOCC3)cc1)C1(C(=O)N(C(=O)OCc3ccc([N+](=O)[O-])cc3)c3ccc(C#CC4(O)CCCCCC4)cc31)C2c1ccc(OCCO)cc1. The normalized spacial score (nSPS) is 23.3. The first-order chi connectivity index (χ1) is 38.5. The molecule has 6 atom stereocenters. The molecule has 4 heterocycles. The van der Waals surface area contributed by atoms with Gasteiger partial charge < -0.3 is 39.4 Å². The molecule has 4 fully saturated rings. The Kier molecular flexibility index (Phi) is 15.0. The Hall–Kier alpha value is -8.40. The number of carbonyl (C=O) groups excluding carboxylic acids is 4. The first kappa shape index (κ1) is 52.6. The molecule has 79 heavy (non-hydrogen) atoms. The Bertz CT molecular complexity index is 3280. The predicted molar refractivity (Wildman–Crippen MR) is 292 cm³/mol. The Morgan fingerprint density at radius 1 is 0.785 bits per heavy atom. The van der Waals surface area contributed by atoms with Gasteiger partial charge in [-0.1, -0.05) is 97.5 Å². The zero-order chi connectivity index (χ0) is 54.7. The number of nitro benzene ring substituents is 1. The third-order valence-electron chi connectivity index (χ3n) is 15.9. The van der Waals surface area contributed by atoms with Gasteiger partial charge in [0.25, 0.3) is 5.69 Å². The third kappa shape index (κ3) is 10.2. The third-order valence-corrected chi connectivity index (χ3v) is 15.9. The number of carbonyl (C=O) groups is 4. The van der Waals surface area contributed by atoms with E-state index in [-0.39, 0.29) is 36.8 Å². The lowest BCUT2D eigenvalue weighted by atomic mass is 9.65. The maximum atomic E-state index is 16.8. The van der Waals surface area contributed by atoms with Crippen LogP contribution in [0.2, 0.25) is 0 Å². The molecular formula is C62H59N5O12. The molecule has 1 aliphatic carbocycles. The van der Waals surface area contributed by atoms with Crippen LogP contribution >= 0.6 is 0 Å². The molecule has 0 aromatic heterocycles. The molecule has 3 N–H and O–H groups in total. The highest BCUT2D eigenvalue weighted by Crippen LogP contribution is 2.66. The number of benzene rings is 6. The lowest BCUT2D eigenvalue weighted by Gasteiger charge is -2.46. The minimum absolute atomic E-state index is 0.000987. The van der Waals surface area contributed by atoms with Crippen LogP contribution in [0.1, 0.15) is 90.1 Å². The summed E-state index contributed by atoms with van der Waals surface area (Å²) in [6.45, 7) is 1.85. The van der Waals surface area contributed by atoms with E-state index in [1.54, 1.807) is 54.6 Å². The number of esters is 1. The van der Waals surface area contributed by atoms with Gasteiger partial charge in [-0.2, -0.15) is 0 Å². The van der Waals surface area contributed by atoms with E-state index in [4.69, 9.17) is 18.9 Å². The Labute approximate surface area is 456 Å². The molecule has 6 aromatic rings. The molecule has 404 valence electrons. The number of nitrogens with one attached hydrogen (secondary N) is 1. The number of morpholine rings is 2. The fourth-order valence-corrected chi connectivity index (χ4v) is 12.2. The van der Waals surface area contributed by atoms with E-state index in [1.165, 1.54) is 24.3 Å². The van der Waals surface area contributed by atoms with Crippen molar-refractivity contribution >= 4 is 46.6 Å². The van der Waals surface area contributed by atoms with Gasteiger partial charge in [0.2, 0.25) is 11.8 Å². The van der Waals surface area contributed by atoms with Crippen molar-refractivity contribution < 1.29 is 53.3 Å². The largest absolute Gasteiger partial charge is 0.491 e. The highest BCUT2D eigenvalue weighted by atomic mass is 16.6. The zero-order valence-electron chi connectivity index (χ0n) is 43.3. The van der Waals surface area contributed by atoms with E-state index in [2.05, 4.69) is 22.1 Å². The summed E-state index contributed by atoms with van der Waals surface area (Å²) in [5.41, 5.74) is 0.545. The number of hydrogen-bond acceptors (Lipinski definition) is 14. The van der Waals surface area contributed by atoms with E-state index in [1.807, 2.05) is 77.7 Å². The number of imide groups is 1. The predicted octanol–water partition coefficient (Wildman–Crippen LogP) is 8.88. The van der Waals surface area contributed by atoms with Gasteiger partial charge in [0.05, 0.1) is 48.4 Å². The van der Waals surface area contributed by atoms with Crippen molar-refractivity contribution in [3.05, 3.63) is 195 Å². The number of fused-ring (bicyclic) bond motifs is 3. The number of cyclic esters (lactones) is 1. The van der Waals surface area contributed by atoms with Crippen LogP contribution in [0.3, 0.4) is 0 Å². The van der Waals surface area contributed by atoms with Crippen LogP contribution < -0.4 is 19.9 Å². The van der Waals surface area contributed by atoms with Crippen molar-refractivity contribution in [1.82, 2.24) is 4.90 Å². The number of hydrogen-bond donors (Lipinski definition) is 3. The molecular weight excluding hydrogens is 1010 g/mol. The van der Waals surface area contributed by atoms with Crippen LogP contribution in [0.4, 0.5) is 27.5 Å². The van der Waals surface area contributed by atoms with E-state index in [9.17, 15) is 20.3 Å². The molecule has 0 bridgehead atoms. The second kappa shape index (κ2) is 22.5. The van der Waals surface area contributed by atoms with Gasteiger partial charge in [-0.05, 0) is 120 Å². The molecule has 6 aromatic carbocycles. The second-order valence-corrected chi connectivity index (χ2v) is 20.6. The van der Waals surface area contributed by atoms with Gasteiger partial charge in [-0.3, -0.25) is 29.4 Å². The standard InChI is InChI=1S/C62H59N5O12/c68-35-38-77-49-26-18-45(19-27-49)56-62(50-39-41(29-32-61(73)30-9-1-2-10-31-61)17-28-51(50)65(59(62)71)60(72)78-40-42-15-22-48(23-16-42)67(74)75)52(57(69)63-46-20-24-47(25-21-46)64-33-36-76-37-34-64)54-58(70)79-55(44-13-7-4-8-14-44)53(66(54)56)43-11-5-3-6-12-43/h3-8,11-28,39,52-56,68,73H,1-2,9-10,30-31,33-38,40H2,(H,63,69). The lowest BCUT2D eigenvalue weighted by molar-refractivity contribution is -0.384. The minimum Gasteiger partial charge on any atom is -0.491 e. The number of aliphatic hydroxyl groups is 2. The van der Waals surface area contributed by atoms with Crippen LogP contribution in [-0.4, -0.2) is 95.1 Å². The molecule has 1 saturated carbocycles. The number of non-ortho nitro benzene ring substituents is 1. The lowest BCUT2D eigenvalue weighted by Crippen LogP contribution is -2.54. The molecule has 6 unspecified atom stereocenters. The fraction of sp³-hybridized carbons (Fsp3) is 0.323. The quantitative estimate of drug-likeness (QED) is 0.0344. The van der Waals surface area contributed by atoms with Gasteiger partial charge in [-0.25, -0.2) is 9.69 Å². The smallest absolute Gasteiger partial charge is 0.421 e. The molecule has 4 aliphatic heterocycles. The first-order valence-electron chi connectivity index (χ1n) is 26.8. The molecule has 3 amide bonds. The van der Waals surface area contributed by atoms with Crippen LogP contribution in [0.15, 0.2) is 152 Å². The van der Waals surface area contributed by atoms with Crippen molar-refractivity contribution in [3.8, 4) is 17.6 Å². The number of rotatable bonds is 12. The summed E-state index contributed by atoms with van der Waals surface area (Å²) in [5, 5.41) is 36.2. The van der Waals surface area contributed by atoms with Gasteiger partial charge in [0.15, 0.2) is 0 Å². The summed E-state index contributed by atoms with van der Waals surface area (Å²) in [6.07, 6.45) is 2.38. The Balaban J connectivity index is 1.14. The summed E-state index contributed by atoms with van der Waals surface area (Å²) in [5.74, 6) is 2.76.